The Kier molecular flexibility index (Phi) is 9.08. The number of rotatable bonds is 13. The Morgan fingerprint density at radius 2 is 1.41 bits per heavy atom. The monoisotopic (exact) mass is 478 g/mol. The first-order chi connectivity index (χ1) is 16.7. The number of hydrogen-bond donors (Lipinski definition) is 1. The van der Waals surface area contributed by atoms with Gasteiger partial charge in [-0.2, -0.15) is 0 Å². The molecule has 0 aliphatic carbocycles. The van der Waals surface area contributed by atoms with Gasteiger partial charge in [0.25, 0.3) is 0 Å². The minimum absolute atomic E-state index is 0.0344. The molecule has 0 saturated heterocycles. The summed E-state index contributed by atoms with van der Waals surface area (Å²) in [5, 5.41) is 1.09. The van der Waals surface area contributed by atoms with Gasteiger partial charge in [-0.25, -0.2) is 0 Å². The number of aromatic nitrogens is 1. The molecule has 1 N–H and O–H groups in total. The SMILES string of the molecule is CN(C)CCc1c[nH]c2cccc(OCOP(OCc3ccccc3)OCc3ccccc3)c12. The maximum Gasteiger partial charge on any atom is 0.336 e. The van der Waals surface area contributed by atoms with E-state index < -0.39 is 8.60 Å². The number of likely N-dealkylation sites (N-methyl/N-ethyl adjacent to an activating group) is 1. The second-order valence-electron chi connectivity index (χ2n) is 8.18. The van der Waals surface area contributed by atoms with Crippen molar-refractivity contribution in [3.63, 3.8) is 0 Å². The molecule has 0 bridgehead atoms. The Morgan fingerprint density at radius 3 is 2.03 bits per heavy atom. The molecule has 0 fully saturated rings. The van der Waals surface area contributed by atoms with Gasteiger partial charge in [-0.1, -0.05) is 66.7 Å². The van der Waals surface area contributed by atoms with Crippen LogP contribution in [0.1, 0.15) is 16.7 Å². The quantitative estimate of drug-likeness (QED) is 0.181. The van der Waals surface area contributed by atoms with Gasteiger partial charge in [0.15, 0.2) is 6.79 Å². The van der Waals surface area contributed by atoms with E-state index in [1.165, 1.54) is 5.56 Å². The zero-order valence-electron chi connectivity index (χ0n) is 19.6. The van der Waals surface area contributed by atoms with Gasteiger partial charge in [0.2, 0.25) is 0 Å². The molecule has 0 spiro atoms. The van der Waals surface area contributed by atoms with Crippen LogP contribution in [-0.4, -0.2) is 37.3 Å². The number of H-pyrrole nitrogens is 1. The van der Waals surface area contributed by atoms with Crippen LogP contribution >= 0.6 is 8.60 Å². The molecule has 4 rings (SSSR count). The molecule has 178 valence electrons. The van der Waals surface area contributed by atoms with Crippen LogP contribution in [0.4, 0.5) is 0 Å². The molecule has 0 radical (unpaired) electrons. The Hall–Kier alpha value is -2.73. The Morgan fingerprint density at radius 1 is 0.765 bits per heavy atom. The molecular weight excluding hydrogens is 447 g/mol. The van der Waals surface area contributed by atoms with Crippen LogP contribution in [0.25, 0.3) is 10.9 Å². The fourth-order valence-corrected chi connectivity index (χ4v) is 4.40. The number of benzene rings is 3. The van der Waals surface area contributed by atoms with Crippen molar-refractivity contribution in [2.75, 3.05) is 27.4 Å². The van der Waals surface area contributed by atoms with E-state index in [1.54, 1.807) is 0 Å². The first-order valence-corrected chi connectivity index (χ1v) is 12.4. The maximum atomic E-state index is 6.06. The van der Waals surface area contributed by atoms with Gasteiger partial charge in [0.05, 0.1) is 13.2 Å². The van der Waals surface area contributed by atoms with Crippen molar-refractivity contribution in [3.8, 4) is 5.75 Å². The van der Waals surface area contributed by atoms with Crippen LogP contribution in [0.5, 0.6) is 5.75 Å². The summed E-state index contributed by atoms with van der Waals surface area (Å²) in [6.45, 7) is 1.81. The molecule has 3 aromatic carbocycles. The molecule has 0 aliphatic rings. The molecule has 4 aromatic rings. The molecule has 6 nitrogen and oxygen atoms in total. The largest absolute Gasteiger partial charge is 0.466 e. The van der Waals surface area contributed by atoms with Gasteiger partial charge in [0.1, 0.15) is 5.75 Å². The Bertz CT molecular complexity index is 1090. The van der Waals surface area contributed by atoms with Crippen LogP contribution in [-0.2, 0) is 33.2 Å². The van der Waals surface area contributed by atoms with Crippen molar-refractivity contribution in [1.29, 1.82) is 0 Å². The van der Waals surface area contributed by atoms with E-state index in [-0.39, 0.29) is 6.79 Å². The normalized spacial score (nSPS) is 11.5. The number of nitrogens with one attached hydrogen (secondary N) is 1. The number of aromatic amines is 1. The summed E-state index contributed by atoms with van der Waals surface area (Å²) in [5.74, 6) is 0.786. The van der Waals surface area contributed by atoms with Gasteiger partial charge in [0, 0.05) is 23.6 Å². The Balaban J connectivity index is 1.39. The molecule has 7 heteroatoms. The molecule has 1 heterocycles. The minimum atomic E-state index is -1.60. The third-order valence-corrected chi connectivity index (χ3v) is 6.31. The van der Waals surface area contributed by atoms with Gasteiger partial charge in [-0.15, -0.1) is 0 Å². The van der Waals surface area contributed by atoms with E-state index in [0.29, 0.717) is 13.2 Å². The van der Waals surface area contributed by atoms with Crippen molar-refractivity contribution in [1.82, 2.24) is 9.88 Å². The van der Waals surface area contributed by atoms with E-state index in [4.69, 9.17) is 18.3 Å². The highest BCUT2D eigenvalue weighted by molar-refractivity contribution is 7.41. The lowest BCUT2D eigenvalue weighted by atomic mass is 10.1. The van der Waals surface area contributed by atoms with Crippen LogP contribution < -0.4 is 4.74 Å². The highest BCUT2D eigenvalue weighted by Crippen LogP contribution is 2.42. The fourth-order valence-electron chi connectivity index (χ4n) is 3.53. The molecule has 1 aromatic heterocycles. The van der Waals surface area contributed by atoms with Crippen molar-refractivity contribution < 1.29 is 18.3 Å². The standard InChI is InChI=1S/C27H31N2O4P/c1-29(2)17-16-24-18-28-25-14-9-15-26(27(24)25)30-21-33-34(31-19-22-10-5-3-6-11-22)32-20-23-12-7-4-8-13-23/h3-15,18,28H,16-17,19-21H2,1-2H3. The smallest absolute Gasteiger partial charge is 0.336 e. The average Bonchev–Trinajstić information content (AvgIpc) is 3.29. The molecule has 0 saturated carbocycles. The van der Waals surface area contributed by atoms with Crippen molar-refractivity contribution in [2.24, 2.45) is 0 Å². The lowest BCUT2D eigenvalue weighted by molar-refractivity contribution is 0.0738. The molecule has 0 unspecified atom stereocenters. The van der Waals surface area contributed by atoms with E-state index in [0.717, 1.165) is 40.7 Å². The molecular formula is C27H31N2O4P. The lowest BCUT2D eigenvalue weighted by Gasteiger charge is -2.18. The van der Waals surface area contributed by atoms with Crippen molar-refractivity contribution >= 4 is 19.5 Å². The van der Waals surface area contributed by atoms with Gasteiger partial charge in [-0.3, -0.25) is 4.52 Å². The first kappa shape index (κ1) is 24.4. The van der Waals surface area contributed by atoms with E-state index in [9.17, 15) is 0 Å². The number of nitrogens with zero attached hydrogens (tertiary/aromatic N) is 1. The van der Waals surface area contributed by atoms with E-state index >= 15 is 0 Å². The summed E-state index contributed by atoms with van der Waals surface area (Å²) < 4.78 is 23.9. The predicted octanol–water partition coefficient (Wildman–Crippen LogP) is 6.29. The Labute approximate surface area is 202 Å². The number of hydrogen-bond acceptors (Lipinski definition) is 5. The van der Waals surface area contributed by atoms with E-state index in [1.807, 2.05) is 72.8 Å². The molecule has 0 atom stereocenters. The number of ether oxygens (including phenoxy) is 1. The average molecular weight is 479 g/mol. The highest BCUT2D eigenvalue weighted by Gasteiger charge is 2.16. The summed E-state index contributed by atoms with van der Waals surface area (Å²) in [6.07, 6.45) is 2.99. The second-order valence-corrected chi connectivity index (χ2v) is 9.40. The van der Waals surface area contributed by atoms with E-state index in [2.05, 4.69) is 36.2 Å². The van der Waals surface area contributed by atoms with Crippen molar-refractivity contribution in [3.05, 3.63) is 102 Å². The predicted molar refractivity (Wildman–Crippen MR) is 137 cm³/mol. The summed E-state index contributed by atoms with van der Waals surface area (Å²) in [5.41, 5.74) is 4.40. The van der Waals surface area contributed by atoms with Gasteiger partial charge >= 0.3 is 8.60 Å². The zero-order valence-corrected chi connectivity index (χ0v) is 20.5. The van der Waals surface area contributed by atoms with Crippen LogP contribution in [0, 0.1) is 0 Å². The minimum Gasteiger partial charge on any atom is -0.466 e. The van der Waals surface area contributed by atoms with Gasteiger partial charge < -0.3 is 23.7 Å². The summed E-state index contributed by atoms with van der Waals surface area (Å²) in [4.78, 5) is 5.52. The molecule has 34 heavy (non-hydrogen) atoms. The van der Waals surface area contributed by atoms with Crippen LogP contribution in [0.3, 0.4) is 0 Å². The maximum absolute atomic E-state index is 6.06. The summed E-state index contributed by atoms with van der Waals surface area (Å²) >= 11 is 0. The van der Waals surface area contributed by atoms with Crippen molar-refractivity contribution in [2.45, 2.75) is 19.6 Å². The van der Waals surface area contributed by atoms with Gasteiger partial charge in [-0.05, 0) is 49.3 Å². The number of fused-ring (bicyclic) bond motifs is 1. The van der Waals surface area contributed by atoms with Crippen LogP contribution in [0.2, 0.25) is 0 Å². The third kappa shape index (κ3) is 7.13. The van der Waals surface area contributed by atoms with Crippen LogP contribution in [0.15, 0.2) is 85.1 Å². The topological polar surface area (TPSA) is 56.0 Å². The summed E-state index contributed by atoms with van der Waals surface area (Å²) in [7, 11) is 2.55. The first-order valence-electron chi connectivity index (χ1n) is 11.3. The fraction of sp³-hybridized carbons (Fsp3) is 0.259. The zero-order chi connectivity index (χ0) is 23.6. The lowest BCUT2D eigenvalue weighted by Crippen LogP contribution is -2.14. The molecule has 0 amide bonds. The summed E-state index contributed by atoms with van der Waals surface area (Å²) in [6, 6.07) is 26.0. The molecule has 0 aliphatic heterocycles. The highest BCUT2D eigenvalue weighted by atomic mass is 31.2. The second kappa shape index (κ2) is 12.7. The third-order valence-electron chi connectivity index (χ3n) is 5.31.